The first-order chi connectivity index (χ1) is 18.7. The number of imidazole rings is 1. The van der Waals surface area contributed by atoms with E-state index >= 15 is 0 Å². The van der Waals surface area contributed by atoms with Gasteiger partial charge in [0.05, 0.1) is 23.7 Å². The smallest absolute Gasteiger partial charge is 0.251 e. The molecule has 0 spiro atoms. The van der Waals surface area contributed by atoms with Gasteiger partial charge in [0.2, 0.25) is 5.91 Å². The standard InChI is InChI=1S/C30H26Cl2N4O3/c1-35-18-33-16-27(35)30(34-28(37)17-39-3,20-7-10-22(31)11-8-20)21-9-12-26-25(14-21)24(15-29(38)36(26)2)19-5-4-6-23(32)13-19/h4-16,18H,17H2,1-3H3,(H,34,37). The van der Waals surface area contributed by atoms with Crippen LogP contribution in [-0.4, -0.2) is 33.7 Å². The predicted molar refractivity (Wildman–Crippen MR) is 154 cm³/mol. The Morgan fingerprint density at radius 3 is 2.38 bits per heavy atom. The minimum Gasteiger partial charge on any atom is -0.375 e. The van der Waals surface area contributed by atoms with E-state index in [1.54, 1.807) is 48.4 Å². The van der Waals surface area contributed by atoms with E-state index < -0.39 is 5.54 Å². The molecule has 1 atom stereocenters. The molecule has 5 aromatic rings. The Hall–Kier alpha value is -3.91. The molecule has 9 heteroatoms. The van der Waals surface area contributed by atoms with Gasteiger partial charge < -0.3 is 19.2 Å². The van der Waals surface area contributed by atoms with Crippen LogP contribution in [0.3, 0.4) is 0 Å². The van der Waals surface area contributed by atoms with Gasteiger partial charge in [-0.2, -0.15) is 0 Å². The first-order valence-corrected chi connectivity index (χ1v) is 12.9. The molecule has 39 heavy (non-hydrogen) atoms. The molecule has 198 valence electrons. The van der Waals surface area contributed by atoms with Crippen LogP contribution in [0.1, 0.15) is 16.8 Å². The number of hydrogen-bond donors (Lipinski definition) is 1. The number of pyridine rings is 1. The molecule has 1 unspecified atom stereocenters. The van der Waals surface area contributed by atoms with Gasteiger partial charge in [-0.25, -0.2) is 4.98 Å². The summed E-state index contributed by atoms with van der Waals surface area (Å²) in [4.78, 5) is 30.5. The lowest BCUT2D eigenvalue weighted by Gasteiger charge is -2.36. The van der Waals surface area contributed by atoms with Crippen molar-refractivity contribution in [2.24, 2.45) is 14.1 Å². The largest absolute Gasteiger partial charge is 0.375 e. The number of nitrogens with zero attached hydrogens (tertiary/aromatic N) is 3. The second-order valence-electron chi connectivity index (χ2n) is 9.33. The third-order valence-electron chi connectivity index (χ3n) is 6.90. The summed E-state index contributed by atoms with van der Waals surface area (Å²) in [7, 11) is 5.08. The van der Waals surface area contributed by atoms with Gasteiger partial charge in [0, 0.05) is 42.7 Å². The molecule has 7 nitrogen and oxygen atoms in total. The summed E-state index contributed by atoms with van der Waals surface area (Å²) in [5, 5.41) is 5.18. The molecule has 2 heterocycles. The molecule has 1 amide bonds. The van der Waals surface area contributed by atoms with E-state index in [0.717, 1.165) is 38.9 Å². The minimum absolute atomic E-state index is 0.136. The fraction of sp³-hybridized carbons (Fsp3) is 0.167. The maximum atomic E-state index is 13.2. The van der Waals surface area contributed by atoms with Crippen molar-refractivity contribution in [2.75, 3.05) is 13.7 Å². The van der Waals surface area contributed by atoms with Crippen LogP contribution >= 0.6 is 23.2 Å². The van der Waals surface area contributed by atoms with Crippen LogP contribution in [0.4, 0.5) is 0 Å². The fourth-order valence-corrected chi connectivity index (χ4v) is 5.37. The number of rotatable bonds is 7. The molecule has 5 rings (SSSR count). The Morgan fingerprint density at radius 1 is 0.974 bits per heavy atom. The zero-order valence-electron chi connectivity index (χ0n) is 21.6. The number of aromatic nitrogens is 3. The predicted octanol–water partition coefficient (Wildman–Crippen LogP) is 5.30. The van der Waals surface area contributed by atoms with E-state index in [2.05, 4.69) is 10.3 Å². The van der Waals surface area contributed by atoms with Gasteiger partial charge in [0.1, 0.15) is 12.1 Å². The molecule has 0 fully saturated rings. The first-order valence-electron chi connectivity index (χ1n) is 12.2. The van der Waals surface area contributed by atoms with E-state index in [-0.39, 0.29) is 18.1 Å². The van der Waals surface area contributed by atoms with E-state index in [0.29, 0.717) is 10.0 Å². The topological polar surface area (TPSA) is 78.2 Å². The van der Waals surface area contributed by atoms with E-state index in [1.165, 1.54) is 7.11 Å². The zero-order chi connectivity index (χ0) is 27.7. The second-order valence-corrected chi connectivity index (χ2v) is 10.2. The molecule has 0 saturated heterocycles. The summed E-state index contributed by atoms with van der Waals surface area (Å²) < 4.78 is 8.64. The number of carbonyl (C=O) groups is 1. The Bertz CT molecular complexity index is 1740. The highest BCUT2D eigenvalue weighted by Gasteiger charge is 2.40. The first kappa shape index (κ1) is 26.7. The molecule has 0 aliphatic carbocycles. The maximum absolute atomic E-state index is 13.2. The molecule has 2 aromatic heterocycles. The Kier molecular flexibility index (Phi) is 7.32. The van der Waals surface area contributed by atoms with Crippen molar-refractivity contribution in [1.29, 1.82) is 0 Å². The lowest BCUT2D eigenvalue weighted by atomic mass is 9.79. The number of halogens is 2. The number of nitrogens with one attached hydrogen (secondary N) is 1. The van der Waals surface area contributed by atoms with Crippen molar-refractivity contribution in [3.05, 3.63) is 123 Å². The van der Waals surface area contributed by atoms with Crippen LogP contribution in [0.2, 0.25) is 10.0 Å². The normalized spacial score (nSPS) is 12.8. The van der Waals surface area contributed by atoms with Gasteiger partial charge in [0.15, 0.2) is 0 Å². The Morgan fingerprint density at radius 2 is 1.72 bits per heavy atom. The zero-order valence-corrected chi connectivity index (χ0v) is 23.1. The van der Waals surface area contributed by atoms with Gasteiger partial charge in [-0.3, -0.25) is 9.59 Å². The molecule has 0 aliphatic heterocycles. The van der Waals surface area contributed by atoms with Gasteiger partial charge in [0.25, 0.3) is 5.56 Å². The maximum Gasteiger partial charge on any atom is 0.251 e. The minimum atomic E-state index is -1.17. The van der Waals surface area contributed by atoms with E-state index in [9.17, 15) is 9.59 Å². The molecular formula is C30H26Cl2N4O3. The van der Waals surface area contributed by atoms with E-state index in [4.69, 9.17) is 27.9 Å². The average molecular weight is 561 g/mol. The van der Waals surface area contributed by atoms with Crippen LogP contribution in [-0.2, 0) is 29.2 Å². The van der Waals surface area contributed by atoms with Crippen molar-refractivity contribution in [1.82, 2.24) is 19.4 Å². The van der Waals surface area contributed by atoms with Crippen molar-refractivity contribution < 1.29 is 9.53 Å². The average Bonchev–Trinajstić information content (AvgIpc) is 3.36. The van der Waals surface area contributed by atoms with Crippen LogP contribution in [0.25, 0.3) is 22.0 Å². The third kappa shape index (κ3) is 4.85. The summed E-state index contributed by atoms with van der Waals surface area (Å²) in [6, 6.07) is 22.1. The molecule has 3 aromatic carbocycles. The van der Waals surface area contributed by atoms with Crippen LogP contribution in [0.5, 0.6) is 0 Å². The number of benzene rings is 3. The molecule has 1 N–H and O–H groups in total. The molecule has 0 bridgehead atoms. The lowest BCUT2D eigenvalue weighted by Crippen LogP contribution is -2.50. The molecule has 0 aliphatic rings. The highest BCUT2D eigenvalue weighted by molar-refractivity contribution is 6.31. The Labute approximate surface area is 235 Å². The third-order valence-corrected chi connectivity index (χ3v) is 7.38. The van der Waals surface area contributed by atoms with Crippen LogP contribution in [0.15, 0.2) is 90.1 Å². The van der Waals surface area contributed by atoms with E-state index in [1.807, 2.05) is 60.1 Å². The van der Waals surface area contributed by atoms with Crippen molar-refractivity contribution in [3.63, 3.8) is 0 Å². The quantitative estimate of drug-likeness (QED) is 0.293. The van der Waals surface area contributed by atoms with Crippen molar-refractivity contribution in [3.8, 4) is 11.1 Å². The number of ether oxygens (including phenoxy) is 1. The summed E-state index contributed by atoms with van der Waals surface area (Å²) in [5.41, 5.74) is 3.22. The Balaban J connectivity index is 1.88. The van der Waals surface area contributed by atoms with Crippen LogP contribution < -0.4 is 10.9 Å². The highest BCUT2D eigenvalue weighted by Crippen LogP contribution is 2.40. The second kappa shape index (κ2) is 10.7. The number of amides is 1. The number of fused-ring (bicyclic) bond motifs is 1. The number of carbonyl (C=O) groups excluding carboxylic acids is 1. The van der Waals surface area contributed by atoms with Gasteiger partial charge >= 0.3 is 0 Å². The molecule has 0 saturated carbocycles. The fourth-order valence-electron chi connectivity index (χ4n) is 5.05. The number of hydrogen-bond acceptors (Lipinski definition) is 4. The number of methoxy groups -OCH3 is 1. The molecular weight excluding hydrogens is 535 g/mol. The summed E-state index contributed by atoms with van der Waals surface area (Å²) in [5.74, 6) is -0.315. The van der Waals surface area contributed by atoms with Crippen molar-refractivity contribution >= 4 is 40.0 Å². The summed E-state index contributed by atoms with van der Waals surface area (Å²) >= 11 is 12.6. The summed E-state index contributed by atoms with van der Waals surface area (Å²) in [6.45, 7) is -0.136. The summed E-state index contributed by atoms with van der Waals surface area (Å²) in [6.07, 6.45) is 3.41. The molecule has 0 radical (unpaired) electrons. The van der Waals surface area contributed by atoms with Gasteiger partial charge in [-0.1, -0.05) is 53.5 Å². The highest BCUT2D eigenvalue weighted by atomic mass is 35.5. The van der Waals surface area contributed by atoms with Gasteiger partial charge in [-0.05, 0) is 58.7 Å². The van der Waals surface area contributed by atoms with Crippen molar-refractivity contribution in [2.45, 2.75) is 5.54 Å². The number of aryl methyl sites for hydroxylation is 2. The van der Waals surface area contributed by atoms with Crippen LogP contribution in [0, 0.1) is 0 Å². The monoisotopic (exact) mass is 560 g/mol. The lowest BCUT2D eigenvalue weighted by molar-refractivity contribution is -0.126. The SMILES string of the molecule is COCC(=O)NC(c1ccc(Cl)cc1)(c1ccc2c(c1)c(-c1cccc(Cl)c1)cc(=O)n2C)c1cncn1C. The van der Waals surface area contributed by atoms with Gasteiger partial charge in [-0.15, -0.1) is 0 Å².